The summed E-state index contributed by atoms with van der Waals surface area (Å²) in [5.74, 6) is -0.354. The molecule has 0 atom stereocenters. The van der Waals surface area contributed by atoms with Gasteiger partial charge in [0.2, 0.25) is 5.91 Å². The van der Waals surface area contributed by atoms with Crippen LogP contribution >= 0.6 is 15.9 Å². The van der Waals surface area contributed by atoms with Crippen LogP contribution in [0.25, 0.3) is 0 Å². The normalized spacial score (nSPS) is 11.1. The second-order valence-corrected chi connectivity index (χ2v) is 5.55. The number of halogens is 1. The van der Waals surface area contributed by atoms with Crippen LogP contribution in [0.15, 0.2) is 22.7 Å². The topological polar surface area (TPSA) is 98.3 Å². The van der Waals surface area contributed by atoms with E-state index in [2.05, 4.69) is 21.2 Å². The predicted octanol–water partition coefficient (Wildman–Crippen LogP) is 2.42. The smallest absolute Gasteiger partial charge is 0.293 e. The van der Waals surface area contributed by atoms with Crippen LogP contribution in [0.3, 0.4) is 0 Å². The summed E-state index contributed by atoms with van der Waals surface area (Å²) >= 11 is 3.14. The standard InChI is InChI=1S/C11H14BrN3O3/c1-11(2,13)6-10(16)14-8-4-3-7(12)5-9(8)15(17)18/h3-5H,6,13H2,1-2H3,(H,14,16). The molecule has 1 aromatic carbocycles. The number of nitrogens with one attached hydrogen (secondary N) is 1. The highest BCUT2D eigenvalue weighted by Crippen LogP contribution is 2.28. The summed E-state index contributed by atoms with van der Waals surface area (Å²) in [4.78, 5) is 22.0. The first-order chi connectivity index (χ1) is 8.19. The molecule has 0 saturated carbocycles. The van der Waals surface area contributed by atoms with Gasteiger partial charge < -0.3 is 11.1 Å². The number of hydrogen-bond donors (Lipinski definition) is 2. The number of amides is 1. The molecule has 3 N–H and O–H groups in total. The van der Waals surface area contributed by atoms with Gasteiger partial charge in [0.25, 0.3) is 5.69 Å². The van der Waals surface area contributed by atoms with Crippen molar-refractivity contribution >= 4 is 33.2 Å². The molecule has 0 unspecified atom stereocenters. The Morgan fingerprint density at radius 3 is 2.67 bits per heavy atom. The summed E-state index contributed by atoms with van der Waals surface area (Å²) in [6, 6.07) is 4.43. The number of carbonyl (C=O) groups excluding carboxylic acids is 1. The van der Waals surface area contributed by atoms with E-state index < -0.39 is 10.5 Å². The van der Waals surface area contributed by atoms with E-state index >= 15 is 0 Å². The van der Waals surface area contributed by atoms with Gasteiger partial charge in [-0.1, -0.05) is 15.9 Å². The summed E-state index contributed by atoms with van der Waals surface area (Å²) < 4.78 is 0.575. The molecule has 0 radical (unpaired) electrons. The molecule has 1 amide bonds. The molecule has 0 aliphatic heterocycles. The molecular weight excluding hydrogens is 302 g/mol. The van der Waals surface area contributed by atoms with Crippen molar-refractivity contribution in [1.82, 2.24) is 0 Å². The Bertz CT molecular complexity index is 483. The summed E-state index contributed by atoms with van der Waals surface area (Å²) in [6.45, 7) is 3.42. The number of nitrogens with two attached hydrogens (primary N) is 1. The number of nitro groups is 1. The lowest BCUT2D eigenvalue weighted by Gasteiger charge is -2.17. The fourth-order valence-corrected chi connectivity index (χ4v) is 1.72. The predicted molar refractivity (Wildman–Crippen MR) is 72.3 cm³/mol. The molecule has 0 fully saturated rings. The molecule has 18 heavy (non-hydrogen) atoms. The van der Waals surface area contributed by atoms with E-state index in [-0.39, 0.29) is 23.7 Å². The Kier molecular flexibility index (Phi) is 4.42. The van der Waals surface area contributed by atoms with Crippen molar-refractivity contribution in [3.63, 3.8) is 0 Å². The highest BCUT2D eigenvalue weighted by atomic mass is 79.9. The molecule has 1 aromatic rings. The van der Waals surface area contributed by atoms with Crippen molar-refractivity contribution in [2.24, 2.45) is 5.73 Å². The van der Waals surface area contributed by atoms with E-state index in [1.807, 2.05) is 0 Å². The van der Waals surface area contributed by atoms with Gasteiger partial charge in [0.05, 0.1) is 4.92 Å². The number of nitrogens with zero attached hydrogens (tertiary/aromatic N) is 1. The summed E-state index contributed by atoms with van der Waals surface area (Å²) in [5.41, 5.74) is 5.06. The van der Waals surface area contributed by atoms with Gasteiger partial charge in [0.15, 0.2) is 0 Å². The van der Waals surface area contributed by atoms with Crippen LogP contribution in [0.2, 0.25) is 0 Å². The Morgan fingerprint density at radius 2 is 2.17 bits per heavy atom. The van der Waals surface area contributed by atoms with Crippen molar-refractivity contribution in [3.05, 3.63) is 32.8 Å². The summed E-state index contributed by atoms with van der Waals surface area (Å²) in [7, 11) is 0. The van der Waals surface area contributed by atoms with Crippen LogP contribution in [0.5, 0.6) is 0 Å². The largest absolute Gasteiger partial charge is 0.325 e. The SMILES string of the molecule is CC(C)(N)CC(=O)Nc1ccc(Br)cc1[N+](=O)[O-]. The fourth-order valence-electron chi connectivity index (χ4n) is 1.37. The minimum Gasteiger partial charge on any atom is -0.325 e. The van der Waals surface area contributed by atoms with Crippen molar-refractivity contribution in [2.45, 2.75) is 25.8 Å². The minimum atomic E-state index is -0.659. The first-order valence-electron chi connectivity index (χ1n) is 5.22. The second kappa shape index (κ2) is 5.45. The third kappa shape index (κ3) is 4.42. The summed E-state index contributed by atoms with van der Waals surface area (Å²) in [5, 5.41) is 13.3. The average Bonchev–Trinajstić information content (AvgIpc) is 2.17. The Labute approximate surface area is 113 Å². The lowest BCUT2D eigenvalue weighted by Crippen LogP contribution is -2.36. The van der Waals surface area contributed by atoms with Crippen LogP contribution < -0.4 is 11.1 Å². The Hall–Kier alpha value is -1.47. The lowest BCUT2D eigenvalue weighted by molar-refractivity contribution is -0.384. The van der Waals surface area contributed by atoms with Gasteiger partial charge in [0, 0.05) is 22.5 Å². The first-order valence-corrected chi connectivity index (χ1v) is 6.01. The van der Waals surface area contributed by atoms with Crippen LogP contribution in [-0.4, -0.2) is 16.4 Å². The van der Waals surface area contributed by atoms with E-state index in [0.29, 0.717) is 4.47 Å². The highest BCUT2D eigenvalue weighted by molar-refractivity contribution is 9.10. The minimum absolute atomic E-state index is 0.0835. The molecule has 1 rings (SSSR count). The zero-order valence-electron chi connectivity index (χ0n) is 10.1. The van der Waals surface area contributed by atoms with E-state index in [0.717, 1.165) is 0 Å². The molecule has 6 nitrogen and oxygen atoms in total. The van der Waals surface area contributed by atoms with Crippen molar-refractivity contribution in [3.8, 4) is 0 Å². The van der Waals surface area contributed by atoms with Crippen molar-refractivity contribution < 1.29 is 9.72 Å². The van der Waals surface area contributed by atoms with Crippen LogP contribution in [0, 0.1) is 10.1 Å². The van der Waals surface area contributed by atoms with Gasteiger partial charge in [0.1, 0.15) is 5.69 Å². The quantitative estimate of drug-likeness (QED) is 0.658. The highest BCUT2D eigenvalue weighted by Gasteiger charge is 2.20. The zero-order valence-corrected chi connectivity index (χ0v) is 11.7. The molecule has 0 spiro atoms. The van der Waals surface area contributed by atoms with Gasteiger partial charge in [-0.05, 0) is 26.0 Å². The zero-order chi connectivity index (χ0) is 13.9. The van der Waals surface area contributed by atoms with E-state index in [1.54, 1.807) is 19.9 Å². The molecule has 0 aliphatic rings. The number of carbonyl (C=O) groups is 1. The monoisotopic (exact) mass is 315 g/mol. The van der Waals surface area contributed by atoms with E-state index in [1.165, 1.54) is 12.1 Å². The molecule has 7 heteroatoms. The maximum Gasteiger partial charge on any atom is 0.293 e. The van der Waals surface area contributed by atoms with E-state index in [9.17, 15) is 14.9 Å². The van der Waals surface area contributed by atoms with E-state index in [4.69, 9.17) is 5.73 Å². The Balaban J connectivity index is 2.91. The molecule has 0 heterocycles. The van der Waals surface area contributed by atoms with Crippen molar-refractivity contribution in [1.29, 1.82) is 0 Å². The average molecular weight is 316 g/mol. The van der Waals surface area contributed by atoms with Gasteiger partial charge in [-0.15, -0.1) is 0 Å². The third-order valence-corrected chi connectivity index (χ3v) is 2.54. The van der Waals surface area contributed by atoms with Crippen LogP contribution in [0.1, 0.15) is 20.3 Å². The Morgan fingerprint density at radius 1 is 1.56 bits per heavy atom. The molecular formula is C11H14BrN3O3. The van der Waals surface area contributed by atoms with Gasteiger partial charge in [-0.25, -0.2) is 0 Å². The molecule has 98 valence electrons. The number of benzene rings is 1. The van der Waals surface area contributed by atoms with Gasteiger partial charge in [-0.3, -0.25) is 14.9 Å². The van der Waals surface area contributed by atoms with Crippen LogP contribution in [0.4, 0.5) is 11.4 Å². The number of nitro benzene ring substituents is 1. The maximum atomic E-state index is 11.7. The van der Waals surface area contributed by atoms with Gasteiger partial charge in [-0.2, -0.15) is 0 Å². The molecule has 0 aromatic heterocycles. The molecule has 0 aliphatic carbocycles. The third-order valence-electron chi connectivity index (χ3n) is 2.05. The first kappa shape index (κ1) is 14.6. The van der Waals surface area contributed by atoms with Crippen molar-refractivity contribution in [2.75, 3.05) is 5.32 Å². The number of rotatable bonds is 4. The number of anilines is 1. The maximum absolute atomic E-state index is 11.7. The van der Waals surface area contributed by atoms with Gasteiger partial charge >= 0.3 is 0 Å². The van der Waals surface area contributed by atoms with Crippen LogP contribution in [-0.2, 0) is 4.79 Å². The molecule has 0 bridgehead atoms. The fraction of sp³-hybridized carbons (Fsp3) is 0.364. The molecule has 0 saturated heterocycles. The number of hydrogen-bond acceptors (Lipinski definition) is 4. The second-order valence-electron chi connectivity index (χ2n) is 4.63. The summed E-state index contributed by atoms with van der Waals surface area (Å²) in [6.07, 6.45) is 0.0835. The lowest BCUT2D eigenvalue weighted by atomic mass is 10.0.